The van der Waals surface area contributed by atoms with Gasteiger partial charge in [-0.1, -0.05) is 36.4 Å². The van der Waals surface area contributed by atoms with Gasteiger partial charge in [0.2, 0.25) is 0 Å². The van der Waals surface area contributed by atoms with E-state index in [9.17, 15) is 5.11 Å². The van der Waals surface area contributed by atoms with E-state index in [0.717, 1.165) is 30.0 Å². The number of methoxy groups -OCH3 is 1. The minimum atomic E-state index is 0.124. The van der Waals surface area contributed by atoms with Gasteiger partial charge in [0, 0.05) is 37.6 Å². The number of para-hydroxylation sites is 1. The Morgan fingerprint density at radius 1 is 0.923 bits per heavy atom. The van der Waals surface area contributed by atoms with Crippen molar-refractivity contribution < 1.29 is 9.84 Å². The van der Waals surface area contributed by atoms with Gasteiger partial charge in [-0.05, 0) is 41.0 Å². The van der Waals surface area contributed by atoms with Gasteiger partial charge in [-0.2, -0.15) is 0 Å². The number of aliphatic hydroxyl groups excluding tert-OH is 1. The minimum Gasteiger partial charge on any atom is -0.496 e. The number of rotatable bonds is 8. The summed E-state index contributed by atoms with van der Waals surface area (Å²) in [5.74, 6) is 0.876. The van der Waals surface area contributed by atoms with Gasteiger partial charge in [0.1, 0.15) is 5.75 Å². The molecular weight excluding hydrogens is 324 g/mol. The molecular formula is C22H24N2O2. The molecule has 0 saturated heterocycles. The van der Waals surface area contributed by atoms with Crippen LogP contribution in [0.25, 0.3) is 11.1 Å². The average molecular weight is 348 g/mol. The predicted molar refractivity (Wildman–Crippen MR) is 104 cm³/mol. The molecule has 0 unspecified atom stereocenters. The van der Waals surface area contributed by atoms with E-state index in [1.807, 2.05) is 42.7 Å². The van der Waals surface area contributed by atoms with Crippen LogP contribution in [0.4, 0.5) is 0 Å². The van der Waals surface area contributed by atoms with Crippen molar-refractivity contribution >= 4 is 0 Å². The van der Waals surface area contributed by atoms with Gasteiger partial charge in [0.25, 0.3) is 0 Å². The molecule has 0 bridgehead atoms. The van der Waals surface area contributed by atoms with Crippen LogP contribution in [0.3, 0.4) is 0 Å². The fraction of sp³-hybridized carbons (Fsp3) is 0.227. The second kappa shape index (κ2) is 9.13. The first-order chi connectivity index (χ1) is 12.8. The molecule has 0 atom stereocenters. The molecule has 1 N–H and O–H groups in total. The maximum absolute atomic E-state index is 9.47. The molecule has 4 heteroatoms. The van der Waals surface area contributed by atoms with Crippen LogP contribution in [0, 0.1) is 0 Å². The summed E-state index contributed by atoms with van der Waals surface area (Å²) < 4.78 is 5.46. The van der Waals surface area contributed by atoms with Gasteiger partial charge in [-0.3, -0.25) is 9.88 Å². The van der Waals surface area contributed by atoms with Crippen molar-refractivity contribution in [2.45, 2.75) is 13.1 Å². The minimum absolute atomic E-state index is 0.124. The lowest BCUT2D eigenvalue weighted by atomic mass is 10.0. The van der Waals surface area contributed by atoms with Crippen LogP contribution in [-0.4, -0.2) is 35.3 Å². The fourth-order valence-electron chi connectivity index (χ4n) is 3.08. The van der Waals surface area contributed by atoms with Crippen LogP contribution in [-0.2, 0) is 13.1 Å². The number of ether oxygens (including phenoxy) is 1. The number of hydrogen-bond acceptors (Lipinski definition) is 4. The second-order valence-corrected chi connectivity index (χ2v) is 6.18. The maximum atomic E-state index is 9.47. The summed E-state index contributed by atoms with van der Waals surface area (Å²) in [6.45, 7) is 2.22. The zero-order valence-corrected chi connectivity index (χ0v) is 15.0. The Hall–Kier alpha value is -2.69. The highest BCUT2D eigenvalue weighted by Gasteiger charge is 2.10. The van der Waals surface area contributed by atoms with Crippen molar-refractivity contribution in [2.75, 3.05) is 20.3 Å². The lowest BCUT2D eigenvalue weighted by Crippen LogP contribution is -2.26. The number of aliphatic hydroxyl groups is 1. The lowest BCUT2D eigenvalue weighted by Gasteiger charge is -2.23. The Morgan fingerprint density at radius 3 is 2.50 bits per heavy atom. The number of nitrogens with zero attached hydrogens (tertiary/aromatic N) is 2. The Kier molecular flexibility index (Phi) is 6.36. The van der Waals surface area contributed by atoms with Gasteiger partial charge >= 0.3 is 0 Å². The molecule has 3 aromatic rings. The summed E-state index contributed by atoms with van der Waals surface area (Å²) in [5.41, 5.74) is 4.66. The summed E-state index contributed by atoms with van der Waals surface area (Å²) in [5, 5.41) is 9.47. The van der Waals surface area contributed by atoms with Gasteiger partial charge < -0.3 is 9.84 Å². The molecule has 4 nitrogen and oxygen atoms in total. The maximum Gasteiger partial charge on any atom is 0.123 e. The molecule has 0 radical (unpaired) electrons. The Labute approximate surface area is 154 Å². The van der Waals surface area contributed by atoms with Crippen molar-refractivity contribution in [3.63, 3.8) is 0 Å². The summed E-state index contributed by atoms with van der Waals surface area (Å²) in [6.07, 6.45) is 3.61. The first kappa shape index (κ1) is 18.1. The van der Waals surface area contributed by atoms with Crippen LogP contribution in [0.1, 0.15) is 11.1 Å². The van der Waals surface area contributed by atoms with Gasteiger partial charge in [0.05, 0.1) is 13.7 Å². The molecule has 0 aliphatic rings. The van der Waals surface area contributed by atoms with Crippen LogP contribution in [0.5, 0.6) is 5.75 Å². The summed E-state index contributed by atoms with van der Waals surface area (Å²) in [6, 6.07) is 20.5. The van der Waals surface area contributed by atoms with E-state index in [0.29, 0.717) is 6.54 Å². The standard InChI is InChI=1S/C22H24N2O2/c1-26-22-8-3-2-6-21(22)17-24(13-14-25)16-18-5-4-7-20(15-18)19-9-11-23-12-10-19/h2-12,15,25H,13-14,16-17H2,1H3. The molecule has 134 valence electrons. The molecule has 0 aliphatic heterocycles. The van der Waals surface area contributed by atoms with E-state index in [-0.39, 0.29) is 6.61 Å². The van der Waals surface area contributed by atoms with Crippen molar-refractivity contribution in [3.8, 4) is 16.9 Å². The van der Waals surface area contributed by atoms with Crippen LogP contribution >= 0.6 is 0 Å². The van der Waals surface area contributed by atoms with Crippen molar-refractivity contribution in [1.29, 1.82) is 0 Å². The third-order valence-electron chi connectivity index (χ3n) is 4.35. The third kappa shape index (κ3) is 4.69. The second-order valence-electron chi connectivity index (χ2n) is 6.18. The number of hydrogen-bond donors (Lipinski definition) is 1. The summed E-state index contributed by atoms with van der Waals surface area (Å²) >= 11 is 0. The van der Waals surface area contributed by atoms with Gasteiger partial charge in [-0.15, -0.1) is 0 Å². The van der Waals surface area contributed by atoms with E-state index < -0.39 is 0 Å². The quantitative estimate of drug-likeness (QED) is 0.673. The molecule has 0 spiro atoms. The van der Waals surface area contributed by atoms with Crippen molar-refractivity contribution in [2.24, 2.45) is 0 Å². The molecule has 0 saturated carbocycles. The lowest BCUT2D eigenvalue weighted by molar-refractivity contribution is 0.183. The van der Waals surface area contributed by atoms with Crippen LogP contribution in [0.2, 0.25) is 0 Å². The SMILES string of the molecule is COc1ccccc1CN(CCO)Cc1cccc(-c2ccncc2)c1. The molecule has 3 rings (SSSR count). The summed E-state index contributed by atoms with van der Waals surface area (Å²) in [4.78, 5) is 6.31. The molecule has 0 aliphatic carbocycles. The van der Waals surface area contributed by atoms with Crippen LogP contribution in [0.15, 0.2) is 73.1 Å². The highest BCUT2D eigenvalue weighted by molar-refractivity contribution is 5.63. The highest BCUT2D eigenvalue weighted by atomic mass is 16.5. The topological polar surface area (TPSA) is 45.6 Å². The number of aromatic nitrogens is 1. The summed E-state index contributed by atoms with van der Waals surface area (Å²) in [7, 11) is 1.69. The molecule has 26 heavy (non-hydrogen) atoms. The number of pyridine rings is 1. The van der Waals surface area contributed by atoms with E-state index >= 15 is 0 Å². The zero-order chi connectivity index (χ0) is 18.2. The van der Waals surface area contributed by atoms with Crippen molar-refractivity contribution in [3.05, 3.63) is 84.2 Å². The van der Waals surface area contributed by atoms with Gasteiger partial charge in [0.15, 0.2) is 0 Å². The fourth-order valence-corrected chi connectivity index (χ4v) is 3.08. The van der Waals surface area contributed by atoms with Crippen molar-refractivity contribution in [1.82, 2.24) is 9.88 Å². The third-order valence-corrected chi connectivity index (χ3v) is 4.35. The molecule has 0 fully saturated rings. The zero-order valence-electron chi connectivity index (χ0n) is 15.0. The first-order valence-corrected chi connectivity index (χ1v) is 8.74. The predicted octanol–water partition coefficient (Wildman–Crippen LogP) is 3.75. The average Bonchev–Trinajstić information content (AvgIpc) is 2.69. The number of benzene rings is 2. The van der Waals surface area contributed by atoms with E-state index in [4.69, 9.17) is 4.74 Å². The molecule has 0 amide bonds. The Bertz CT molecular complexity index is 821. The largest absolute Gasteiger partial charge is 0.496 e. The van der Waals surface area contributed by atoms with Gasteiger partial charge in [-0.25, -0.2) is 0 Å². The first-order valence-electron chi connectivity index (χ1n) is 8.74. The Morgan fingerprint density at radius 2 is 1.73 bits per heavy atom. The molecule has 1 heterocycles. The van der Waals surface area contributed by atoms with Crippen LogP contribution < -0.4 is 4.74 Å². The normalized spacial score (nSPS) is 10.9. The molecule has 2 aromatic carbocycles. The smallest absolute Gasteiger partial charge is 0.123 e. The van der Waals surface area contributed by atoms with E-state index in [1.165, 1.54) is 11.1 Å². The highest BCUT2D eigenvalue weighted by Crippen LogP contribution is 2.23. The molecule has 1 aromatic heterocycles. The monoisotopic (exact) mass is 348 g/mol. The Balaban J connectivity index is 1.78. The van der Waals surface area contributed by atoms with E-state index in [1.54, 1.807) is 7.11 Å². The van der Waals surface area contributed by atoms with E-state index in [2.05, 4.69) is 40.2 Å².